The molecule has 0 saturated carbocycles. The summed E-state index contributed by atoms with van der Waals surface area (Å²) < 4.78 is 15.0. The molecular weight excluding hydrogens is 314 g/mol. The lowest BCUT2D eigenvalue weighted by atomic mass is 10.1. The van der Waals surface area contributed by atoms with Gasteiger partial charge >= 0.3 is 5.97 Å². The lowest BCUT2D eigenvalue weighted by Crippen LogP contribution is -2.39. The van der Waals surface area contributed by atoms with Gasteiger partial charge in [-0.15, -0.1) is 0 Å². The van der Waals surface area contributed by atoms with Crippen molar-refractivity contribution in [1.29, 1.82) is 0 Å². The molecule has 1 atom stereocenters. The Hall–Kier alpha value is -2.83. The minimum absolute atomic E-state index is 0.00560. The molecule has 0 bridgehead atoms. The van der Waals surface area contributed by atoms with E-state index in [2.05, 4.69) is 10.1 Å². The van der Waals surface area contributed by atoms with E-state index in [4.69, 9.17) is 9.47 Å². The van der Waals surface area contributed by atoms with E-state index in [0.717, 1.165) is 5.56 Å². The Morgan fingerprint density at radius 1 is 1.25 bits per heavy atom. The molecule has 1 aromatic rings. The summed E-state index contributed by atoms with van der Waals surface area (Å²) in [5.41, 5.74) is 0.802. The number of allylic oxidation sites excluding steroid dienone is 1. The van der Waals surface area contributed by atoms with Crippen LogP contribution >= 0.6 is 0 Å². The number of fused-ring (bicyclic) bond motifs is 1. The van der Waals surface area contributed by atoms with Crippen molar-refractivity contribution in [1.82, 2.24) is 5.32 Å². The number of benzene rings is 1. The van der Waals surface area contributed by atoms with Crippen LogP contribution in [-0.4, -0.2) is 37.6 Å². The lowest BCUT2D eigenvalue weighted by molar-refractivity contribution is -0.144. The van der Waals surface area contributed by atoms with Gasteiger partial charge in [0.2, 0.25) is 12.7 Å². The van der Waals surface area contributed by atoms with Gasteiger partial charge in [0.05, 0.1) is 7.11 Å². The third-order valence-corrected chi connectivity index (χ3v) is 3.39. The smallest absolute Gasteiger partial charge is 0.328 e. The average Bonchev–Trinajstić information content (AvgIpc) is 3.04. The van der Waals surface area contributed by atoms with E-state index in [-0.39, 0.29) is 31.3 Å². The highest BCUT2D eigenvalue weighted by Crippen LogP contribution is 2.32. The normalized spacial score (nSPS) is 13.6. The second-order valence-corrected chi connectivity index (χ2v) is 5.22. The van der Waals surface area contributed by atoms with Crippen molar-refractivity contribution in [2.75, 3.05) is 13.9 Å². The topological polar surface area (TPSA) is 90.9 Å². The number of rotatable bonds is 7. The van der Waals surface area contributed by atoms with E-state index in [9.17, 15) is 14.4 Å². The van der Waals surface area contributed by atoms with Gasteiger partial charge in [0, 0.05) is 12.8 Å². The largest absolute Gasteiger partial charge is 0.467 e. The van der Waals surface area contributed by atoms with Crippen molar-refractivity contribution >= 4 is 23.7 Å². The first kappa shape index (κ1) is 17.5. The molecule has 0 saturated heterocycles. The van der Waals surface area contributed by atoms with E-state index >= 15 is 0 Å². The summed E-state index contributed by atoms with van der Waals surface area (Å²) in [4.78, 5) is 34.7. The van der Waals surface area contributed by atoms with E-state index in [0.29, 0.717) is 11.5 Å². The summed E-state index contributed by atoms with van der Waals surface area (Å²) in [6, 6.07) is 4.62. The average molecular weight is 333 g/mol. The van der Waals surface area contributed by atoms with Crippen LogP contribution in [0.2, 0.25) is 0 Å². The third kappa shape index (κ3) is 4.84. The van der Waals surface area contributed by atoms with Crippen LogP contribution in [0.1, 0.15) is 25.3 Å². The second kappa shape index (κ2) is 8.14. The Bertz CT molecular complexity index is 667. The number of methoxy groups -OCH3 is 1. The summed E-state index contributed by atoms with van der Waals surface area (Å²) in [6.07, 6.45) is 3.13. The molecule has 1 aliphatic rings. The number of carbonyl (C=O) groups excluding carboxylic acids is 3. The number of carbonyl (C=O) groups is 3. The van der Waals surface area contributed by atoms with Crippen LogP contribution in [0.3, 0.4) is 0 Å². The van der Waals surface area contributed by atoms with Crippen LogP contribution in [0.5, 0.6) is 11.5 Å². The molecule has 0 unspecified atom stereocenters. The number of hydrogen-bond donors (Lipinski definition) is 1. The maximum atomic E-state index is 11.8. The molecule has 0 aliphatic carbocycles. The Labute approximate surface area is 139 Å². The van der Waals surface area contributed by atoms with Crippen LogP contribution in [0, 0.1) is 0 Å². The van der Waals surface area contributed by atoms with Crippen molar-refractivity contribution in [2.24, 2.45) is 0 Å². The fourth-order valence-electron chi connectivity index (χ4n) is 2.08. The zero-order chi connectivity index (χ0) is 17.5. The second-order valence-electron chi connectivity index (χ2n) is 5.22. The Kier molecular flexibility index (Phi) is 5.95. The molecule has 1 amide bonds. The van der Waals surface area contributed by atoms with Gasteiger partial charge in [-0.1, -0.05) is 12.1 Å². The minimum atomic E-state index is -0.734. The number of ketones is 1. The molecule has 128 valence electrons. The number of amides is 1. The molecule has 0 spiro atoms. The number of hydrogen-bond acceptors (Lipinski definition) is 6. The fraction of sp³-hybridized carbons (Fsp3) is 0.353. The zero-order valence-electron chi connectivity index (χ0n) is 13.5. The molecule has 7 heteroatoms. The zero-order valence-corrected chi connectivity index (χ0v) is 13.5. The van der Waals surface area contributed by atoms with E-state index in [1.165, 1.54) is 20.1 Å². The molecule has 0 fully saturated rings. The van der Waals surface area contributed by atoms with Gasteiger partial charge in [-0.3, -0.25) is 9.59 Å². The third-order valence-electron chi connectivity index (χ3n) is 3.39. The summed E-state index contributed by atoms with van der Waals surface area (Å²) >= 11 is 0. The first-order valence-corrected chi connectivity index (χ1v) is 7.47. The molecule has 2 rings (SSSR count). The standard InChI is InChI=1S/C17H19NO6/c1-11(17(21)22-2)18-16(20)8-6-13(19)5-3-12-4-7-14-15(9-12)24-10-23-14/h3-5,7,9,11H,6,8,10H2,1-2H3,(H,18,20)/b5-3+/t11-/m0/s1. The molecule has 1 heterocycles. The minimum Gasteiger partial charge on any atom is -0.467 e. The highest BCUT2D eigenvalue weighted by molar-refractivity contribution is 5.96. The molecule has 1 N–H and O–H groups in total. The first-order valence-electron chi connectivity index (χ1n) is 7.47. The SMILES string of the molecule is COC(=O)[C@H](C)NC(=O)CCC(=O)/C=C/c1ccc2c(c1)OCO2. The molecule has 1 aromatic carbocycles. The van der Waals surface area contributed by atoms with Gasteiger partial charge in [-0.05, 0) is 30.7 Å². The lowest BCUT2D eigenvalue weighted by Gasteiger charge is -2.10. The quantitative estimate of drug-likeness (QED) is 0.600. The maximum Gasteiger partial charge on any atom is 0.328 e. The van der Waals surface area contributed by atoms with Gasteiger partial charge in [-0.25, -0.2) is 4.79 Å². The van der Waals surface area contributed by atoms with E-state index < -0.39 is 12.0 Å². The van der Waals surface area contributed by atoms with Crippen LogP contribution in [0.15, 0.2) is 24.3 Å². The van der Waals surface area contributed by atoms with Crippen LogP contribution < -0.4 is 14.8 Å². The molecule has 7 nitrogen and oxygen atoms in total. The van der Waals surface area contributed by atoms with Crippen molar-refractivity contribution in [3.8, 4) is 11.5 Å². The van der Waals surface area contributed by atoms with Crippen molar-refractivity contribution < 1.29 is 28.6 Å². The Balaban J connectivity index is 1.78. The Morgan fingerprint density at radius 3 is 2.75 bits per heavy atom. The molecule has 1 aliphatic heterocycles. The van der Waals surface area contributed by atoms with Crippen LogP contribution in [0.4, 0.5) is 0 Å². The highest BCUT2D eigenvalue weighted by atomic mass is 16.7. The Morgan fingerprint density at radius 2 is 2.00 bits per heavy atom. The van der Waals surface area contributed by atoms with Crippen LogP contribution in [-0.2, 0) is 19.1 Å². The number of nitrogens with one attached hydrogen (secondary N) is 1. The molecule has 0 aromatic heterocycles. The summed E-state index contributed by atoms with van der Waals surface area (Å²) in [5, 5.41) is 2.47. The van der Waals surface area contributed by atoms with Crippen LogP contribution in [0.25, 0.3) is 6.08 Å². The van der Waals surface area contributed by atoms with Gasteiger partial charge in [0.1, 0.15) is 6.04 Å². The molecule has 0 radical (unpaired) electrons. The summed E-state index contributed by atoms with van der Waals surface area (Å²) in [6.45, 7) is 1.71. The van der Waals surface area contributed by atoms with Gasteiger partial charge < -0.3 is 19.5 Å². The van der Waals surface area contributed by atoms with Gasteiger partial charge in [0.15, 0.2) is 17.3 Å². The summed E-state index contributed by atoms with van der Waals surface area (Å²) in [5.74, 6) is 0.222. The van der Waals surface area contributed by atoms with E-state index in [1.807, 2.05) is 6.07 Å². The van der Waals surface area contributed by atoms with Gasteiger partial charge in [0.25, 0.3) is 0 Å². The number of esters is 1. The maximum absolute atomic E-state index is 11.8. The van der Waals surface area contributed by atoms with Crippen molar-refractivity contribution in [2.45, 2.75) is 25.8 Å². The first-order chi connectivity index (χ1) is 11.5. The highest BCUT2D eigenvalue weighted by Gasteiger charge is 2.16. The predicted octanol–water partition coefficient (Wildman–Crippen LogP) is 1.46. The predicted molar refractivity (Wildman–Crippen MR) is 85.5 cm³/mol. The molecule has 24 heavy (non-hydrogen) atoms. The number of ether oxygens (including phenoxy) is 3. The van der Waals surface area contributed by atoms with Crippen molar-refractivity contribution in [3.63, 3.8) is 0 Å². The van der Waals surface area contributed by atoms with Gasteiger partial charge in [-0.2, -0.15) is 0 Å². The fourth-order valence-corrected chi connectivity index (χ4v) is 2.08. The van der Waals surface area contributed by atoms with E-state index in [1.54, 1.807) is 18.2 Å². The monoisotopic (exact) mass is 333 g/mol. The summed E-state index contributed by atoms with van der Waals surface area (Å²) in [7, 11) is 1.25. The molecular formula is C17H19NO6. The van der Waals surface area contributed by atoms with Crippen molar-refractivity contribution in [3.05, 3.63) is 29.8 Å².